The van der Waals surface area contributed by atoms with E-state index in [-0.39, 0.29) is 22.0 Å². The van der Waals surface area contributed by atoms with Gasteiger partial charge in [0.05, 0.1) is 23.4 Å². The number of non-ortho nitro benzene ring substituents is 1. The van der Waals surface area contributed by atoms with Gasteiger partial charge in [-0.15, -0.1) is 0 Å². The Hall–Kier alpha value is -3.92. The molecule has 4 rings (SSSR count). The van der Waals surface area contributed by atoms with Gasteiger partial charge in [-0.3, -0.25) is 20.3 Å². The van der Waals surface area contributed by atoms with Gasteiger partial charge in [-0.25, -0.2) is 8.42 Å². The van der Waals surface area contributed by atoms with E-state index in [2.05, 4.69) is 27.4 Å². The lowest BCUT2D eigenvalue weighted by Gasteiger charge is -2.23. The molecule has 182 valence electrons. The van der Waals surface area contributed by atoms with Crippen LogP contribution in [-0.4, -0.2) is 26.2 Å². The van der Waals surface area contributed by atoms with Crippen molar-refractivity contribution in [1.82, 2.24) is 0 Å². The van der Waals surface area contributed by atoms with Crippen LogP contribution in [0.3, 0.4) is 0 Å². The number of rotatable bonds is 8. The number of hydrogen-bond donors (Lipinski definition) is 2. The van der Waals surface area contributed by atoms with Gasteiger partial charge in [0, 0.05) is 17.8 Å². The van der Waals surface area contributed by atoms with Gasteiger partial charge >= 0.3 is 0 Å². The van der Waals surface area contributed by atoms with E-state index in [1.807, 2.05) is 18.2 Å². The van der Waals surface area contributed by atoms with Crippen molar-refractivity contribution in [2.45, 2.75) is 36.5 Å². The average molecular weight is 495 g/mol. The molecule has 1 aliphatic carbocycles. The normalized spacial score (nSPS) is 15.8. The first-order valence-corrected chi connectivity index (χ1v) is 12.7. The molecule has 0 aromatic heterocycles. The van der Waals surface area contributed by atoms with E-state index in [4.69, 9.17) is 4.74 Å². The van der Waals surface area contributed by atoms with Crippen LogP contribution in [0.4, 0.5) is 17.1 Å². The molecule has 9 nitrogen and oxygen atoms in total. The second-order valence-corrected chi connectivity index (χ2v) is 9.87. The number of nitro groups is 1. The summed E-state index contributed by atoms with van der Waals surface area (Å²) in [4.78, 5) is 10.4. The van der Waals surface area contributed by atoms with Gasteiger partial charge < -0.3 is 4.74 Å². The van der Waals surface area contributed by atoms with Gasteiger partial charge in [0.1, 0.15) is 10.6 Å². The number of hydrazone groups is 1. The lowest BCUT2D eigenvalue weighted by atomic mass is 9.83. The predicted octanol–water partition coefficient (Wildman–Crippen LogP) is 5.53. The Morgan fingerprint density at radius 3 is 2.34 bits per heavy atom. The van der Waals surface area contributed by atoms with Crippen LogP contribution in [0.25, 0.3) is 0 Å². The number of nitrogens with one attached hydrogen (secondary N) is 2. The summed E-state index contributed by atoms with van der Waals surface area (Å²) in [5.74, 6) is 0.793. The van der Waals surface area contributed by atoms with Crippen LogP contribution in [-0.2, 0) is 10.0 Å². The third kappa shape index (κ3) is 5.78. The van der Waals surface area contributed by atoms with E-state index in [1.54, 1.807) is 24.3 Å². The SMILES string of the molecule is COc1ccccc1NS(=O)(=O)c1cc([N+](=O)[O-])ccc1NN=C1CCC(c2ccccc2)CC1. The average Bonchev–Trinajstić information content (AvgIpc) is 2.88. The number of para-hydroxylation sites is 2. The number of nitro benzene ring substituents is 1. The maximum Gasteiger partial charge on any atom is 0.270 e. The fourth-order valence-corrected chi connectivity index (χ4v) is 5.38. The molecule has 0 saturated heterocycles. The fourth-order valence-electron chi connectivity index (χ4n) is 4.13. The number of benzene rings is 3. The molecule has 0 spiro atoms. The van der Waals surface area contributed by atoms with Crippen molar-refractivity contribution in [3.05, 3.63) is 88.5 Å². The summed E-state index contributed by atoms with van der Waals surface area (Å²) in [7, 11) is -2.77. The Bertz CT molecular complexity index is 1330. The highest BCUT2D eigenvalue weighted by molar-refractivity contribution is 7.93. The minimum absolute atomic E-state index is 0.149. The standard InChI is InChI=1S/C25H26N4O5S/c1-34-24-10-6-5-9-22(24)28-35(32,33)25-17-21(29(30)31)15-16-23(25)27-26-20-13-11-19(12-14-20)18-7-3-2-4-8-18/h2-10,15-17,19,27-28H,11-14H2,1H3. The number of sulfonamides is 1. The maximum atomic E-state index is 13.2. The maximum absolute atomic E-state index is 13.2. The van der Waals surface area contributed by atoms with Crippen LogP contribution in [0.1, 0.15) is 37.2 Å². The Balaban J connectivity index is 1.56. The van der Waals surface area contributed by atoms with E-state index in [1.165, 1.54) is 24.8 Å². The number of hydrogen-bond acceptors (Lipinski definition) is 7. The molecule has 10 heteroatoms. The monoisotopic (exact) mass is 494 g/mol. The molecule has 0 aliphatic heterocycles. The third-order valence-corrected chi connectivity index (χ3v) is 7.39. The molecule has 1 aliphatic rings. The highest BCUT2D eigenvalue weighted by atomic mass is 32.2. The molecule has 0 bridgehead atoms. The lowest BCUT2D eigenvalue weighted by molar-refractivity contribution is -0.385. The predicted molar refractivity (Wildman–Crippen MR) is 136 cm³/mol. The summed E-state index contributed by atoms with van der Waals surface area (Å²) in [6.45, 7) is 0. The second kappa shape index (κ2) is 10.6. The van der Waals surface area contributed by atoms with Crippen molar-refractivity contribution in [1.29, 1.82) is 0 Å². The molecule has 1 saturated carbocycles. The van der Waals surface area contributed by atoms with Crippen molar-refractivity contribution < 1.29 is 18.1 Å². The number of ether oxygens (including phenoxy) is 1. The molecule has 1 fully saturated rings. The second-order valence-electron chi connectivity index (χ2n) is 8.22. The summed E-state index contributed by atoms with van der Waals surface area (Å²) in [5.41, 5.74) is 5.11. The molecule has 0 radical (unpaired) electrons. The highest BCUT2D eigenvalue weighted by Crippen LogP contribution is 2.33. The van der Waals surface area contributed by atoms with Gasteiger partial charge in [0.15, 0.2) is 0 Å². The molecule has 2 N–H and O–H groups in total. The van der Waals surface area contributed by atoms with Crippen LogP contribution in [0.5, 0.6) is 5.75 Å². The van der Waals surface area contributed by atoms with Crippen molar-refractivity contribution >= 4 is 32.8 Å². The van der Waals surface area contributed by atoms with Gasteiger partial charge in [-0.1, -0.05) is 42.5 Å². The van der Waals surface area contributed by atoms with Gasteiger partial charge in [-0.2, -0.15) is 5.10 Å². The minimum atomic E-state index is -4.20. The Morgan fingerprint density at radius 2 is 1.66 bits per heavy atom. The molecular weight excluding hydrogens is 468 g/mol. The smallest absolute Gasteiger partial charge is 0.270 e. The topological polar surface area (TPSA) is 123 Å². The number of methoxy groups -OCH3 is 1. The van der Waals surface area contributed by atoms with Gasteiger partial charge in [0.2, 0.25) is 0 Å². The molecule has 3 aromatic carbocycles. The molecule has 0 atom stereocenters. The van der Waals surface area contributed by atoms with E-state index in [9.17, 15) is 18.5 Å². The Morgan fingerprint density at radius 1 is 0.971 bits per heavy atom. The number of nitrogens with zero attached hydrogens (tertiary/aromatic N) is 2. The first-order valence-electron chi connectivity index (χ1n) is 11.2. The summed E-state index contributed by atoms with van der Waals surface area (Å²) in [6.07, 6.45) is 3.46. The van der Waals surface area contributed by atoms with Gasteiger partial charge in [-0.05, 0) is 55.4 Å². The molecule has 0 heterocycles. The summed E-state index contributed by atoms with van der Waals surface area (Å²) in [5, 5.41) is 15.8. The number of anilines is 2. The molecular formula is C25H26N4O5S. The molecule has 35 heavy (non-hydrogen) atoms. The zero-order valence-corrected chi connectivity index (χ0v) is 20.0. The summed E-state index contributed by atoms with van der Waals surface area (Å²) >= 11 is 0. The van der Waals surface area contributed by atoms with E-state index in [0.717, 1.165) is 37.5 Å². The Labute approximate surface area is 204 Å². The Kier molecular flexibility index (Phi) is 7.31. The van der Waals surface area contributed by atoms with E-state index < -0.39 is 14.9 Å². The lowest BCUT2D eigenvalue weighted by Crippen LogP contribution is -2.17. The summed E-state index contributed by atoms with van der Waals surface area (Å²) < 4.78 is 34.1. The van der Waals surface area contributed by atoms with Crippen LogP contribution >= 0.6 is 0 Å². The van der Waals surface area contributed by atoms with Crippen LogP contribution in [0, 0.1) is 10.1 Å². The van der Waals surface area contributed by atoms with E-state index in [0.29, 0.717) is 11.7 Å². The molecule has 0 unspecified atom stereocenters. The third-order valence-electron chi connectivity index (χ3n) is 5.99. The first kappa shape index (κ1) is 24.2. The van der Waals surface area contributed by atoms with Crippen LogP contribution < -0.4 is 14.9 Å². The minimum Gasteiger partial charge on any atom is -0.495 e. The zero-order chi connectivity index (χ0) is 24.8. The highest BCUT2D eigenvalue weighted by Gasteiger charge is 2.24. The fraction of sp³-hybridized carbons (Fsp3) is 0.240. The van der Waals surface area contributed by atoms with Crippen LogP contribution in [0.15, 0.2) is 82.8 Å². The van der Waals surface area contributed by atoms with Crippen molar-refractivity contribution in [2.75, 3.05) is 17.3 Å². The largest absolute Gasteiger partial charge is 0.495 e. The molecule has 3 aromatic rings. The van der Waals surface area contributed by atoms with E-state index >= 15 is 0 Å². The van der Waals surface area contributed by atoms with Crippen molar-refractivity contribution in [3.63, 3.8) is 0 Å². The van der Waals surface area contributed by atoms with Gasteiger partial charge in [0.25, 0.3) is 15.7 Å². The summed E-state index contributed by atoms with van der Waals surface area (Å²) in [6, 6.07) is 20.5. The quantitative estimate of drug-likeness (QED) is 0.313. The molecule has 0 amide bonds. The zero-order valence-electron chi connectivity index (χ0n) is 19.2. The van der Waals surface area contributed by atoms with Crippen molar-refractivity contribution in [3.8, 4) is 5.75 Å². The van der Waals surface area contributed by atoms with Crippen LogP contribution in [0.2, 0.25) is 0 Å². The first-order chi connectivity index (χ1) is 16.9. The van der Waals surface area contributed by atoms with Crippen molar-refractivity contribution in [2.24, 2.45) is 5.10 Å².